The van der Waals surface area contributed by atoms with Gasteiger partial charge < -0.3 is 19.5 Å². The summed E-state index contributed by atoms with van der Waals surface area (Å²) in [4.78, 5) is 34.9. The summed E-state index contributed by atoms with van der Waals surface area (Å²) >= 11 is 6.37. The summed E-state index contributed by atoms with van der Waals surface area (Å²) in [6.45, 7) is 5.27. The van der Waals surface area contributed by atoms with Crippen LogP contribution in [-0.4, -0.2) is 90.5 Å². The lowest BCUT2D eigenvalue weighted by atomic mass is 10.1. The van der Waals surface area contributed by atoms with Gasteiger partial charge in [-0.1, -0.05) is 24.4 Å². The zero-order valence-electron chi connectivity index (χ0n) is 21.1. The van der Waals surface area contributed by atoms with Crippen LogP contribution in [0.25, 0.3) is 0 Å². The molecule has 200 valence electrons. The third-order valence-electron chi connectivity index (χ3n) is 6.91. The molecule has 0 spiro atoms. The van der Waals surface area contributed by atoms with Crippen molar-refractivity contribution in [3.8, 4) is 5.75 Å². The molecule has 0 radical (unpaired) electrons. The highest BCUT2D eigenvalue weighted by atomic mass is 35.5. The van der Waals surface area contributed by atoms with Gasteiger partial charge in [-0.3, -0.25) is 19.6 Å². The number of anilines is 1. The van der Waals surface area contributed by atoms with Gasteiger partial charge in [0, 0.05) is 55.2 Å². The minimum absolute atomic E-state index is 0.0369. The molecule has 1 N–H and O–H groups in total. The van der Waals surface area contributed by atoms with E-state index in [4.69, 9.17) is 21.1 Å². The first-order valence-corrected chi connectivity index (χ1v) is 13.3. The van der Waals surface area contributed by atoms with Crippen LogP contribution < -0.4 is 9.64 Å². The Labute approximate surface area is 222 Å². The minimum atomic E-state index is -1.08. The van der Waals surface area contributed by atoms with Crippen molar-refractivity contribution in [2.75, 3.05) is 57.4 Å². The highest BCUT2D eigenvalue weighted by Crippen LogP contribution is 2.28. The maximum absolute atomic E-state index is 13.7. The van der Waals surface area contributed by atoms with Crippen molar-refractivity contribution >= 4 is 29.3 Å². The SMILES string of the molecule is O=C(O)N(CCOc1cc(Cl)cc(C(=O)N(CCCN2CCOCC2)C2CCCC2)c1)c1ccncc1. The summed E-state index contributed by atoms with van der Waals surface area (Å²) in [6, 6.07) is 8.53. The van der Waals surface area contributed by atoms with Crippen LogP contribution in [0.3, 0.4) is 0 Å². The number of halogens is 1. The second-order valence-electron chi connectivity index (χ2n) is 9.41. The fourth-order valence-corrected chi connectivity index (χ4v) is 5.23. The lowest BCUT2D eigenvalue weighted by molar-refractivity contribution is 0.0347. The molecule has 1 aliphatic carbocycles. The Kier molecular flexibility index (Phi) is 9.99. The Morgan fingerprint density at radius 3 is 2.54 bits per heavy atom. The number of pyridine rings is 1. The molecule has 2 aliphatic rings. The van der Waals surface area contributed by atoms with Gasteiger partial charge in [0.15, 0.2) is 0 Å². The molecule has 0 unspecified atom stereocenters. The smallest absolute Gasteiger partial charge is 0.411 e. The van der Waals surface area contributed by atoms with E-state index in [1.165, 1.54) is 17.3 Å². The number of rotatable bonds is 11. The zero-order chi connectivity index (χ0) is 26.0. The Morgan fingerprint density at radius 2 is 1.84 bits per heavy atom. The number of ether oxygens (including phenoxy) is 2. The quantitative estimate of drug-likeness (QED) is 0.460. The molecule has 1 saturated carbocycles. The van der Waals surface area contributed by atoms with Crippen LogP contribution in [0.2, 0.25) is 5.02 Å². The number of amides is 2. The Balaban J connectivity index is 1.39. The summed E-state index contributed by atoms with van der Waals surface area (Å²) in [7, 11) is 0. The first kappa shape index (κ1) is 27.2. The summed E-state index contributed by atoms with van der Waals surface area (Å²) in [5.41, 5.74) is 1.00. The predicted octanol–water partition coefficient (Wildman–Crippen LogP) is 4.41. The monoisotopic (exact) mass is 530 g/mol. The van der Waals surface area contributed by atoms with Crippen molar-refractivity contribution in [1.29, 1.82) is 0 Å². The van der Waals surface area contributed by atoms with Crippen LogP contribution >= 0.6 is 11.6 Å². The van der Waals surface area contributed by atoms with Gasteiger partial charge in [-0.15, -0.1) is 0 Å². The molecular formula is C27H35ClN4O5. The molecule has 2 amide bonds. The highest BCUT2D eigenvalue weighted by molar-refractivity contribution is 6.31. The van der Waals surface area contributed by atoms with E-state index in [2.05, 4.69) is 9.88 Å². The average molecular weight is 531 g/mol. The lowest BCUT2D eigenvalue weighted by Gasteiger charge is -2.31. The standard InChI is InChI=1S/C27H35ClN4O5/c28-22-18-21(19-25(20-22)37-17-14-32(27(34)35)24-6-8-29-9-7-24)26(33)31(23-4-1-2-5-23)11-3-10-30-12-15-36-16-13-30/h6-9,18-20,23H,1-5,10-17H2,(H,34,35). The lowest BCUT2D eigenvalue weighted by Crippen LogP contribution is -2.42. The summed E-state index contributed by atoms with van der Waals surface area (Å²) in [5, 5.41) is 9.98. The van der Waals surface area contributed by atoms with Crippen molar-refractivity contribution in [2.45, 2.75) is 38.1 Å². The molecule has 2 fully saturated rings. The van der Waals surface area contributed by atoms with E-state index in [0.717, 1.165) is 65.0 Å². The van der Waals surface area contributed by atoms with E-state index in [-0.39, 0.29) is 25.1 Å². The molecule has 2 aromatic rings. The summed E-state index contributed by atoms with van der Waals surface area (Å²) in [5.74, 6) is 0.404. The predicted molar refractivity (Wildman–Crippen MR) is 142 cm³/mol. The van der Waals surface area contributed by atoms with Crippen molar-refractivity contribution in [2.24, 2.45) is 0 Å². The number of carboxylic acid groups (broad SMARTS) is 1. The molecule has 0 atom stereocenters. The molecule has 1 aromatic carbocycles. The molecule has 1 saturated heterocycles. The normalized spacial score (nSPS) is 16.5. The highest BCUT2D eigenvalue weighted by Gasteiger charge is 2.28. The molecule has 1 aromatic heterocycles. The van der Waals surface area contributed by atoms with Crippen LogP contribution in [0.4, 0.5) is 10.5 Å². The number of carbonyl (C=O) groups is 2. The van der Waals surface area contributed by atoms with Gasteiger partial charge in [0.05, 0.1) is 25.4 Å². The maximum Gasteiger partial charge on any atom is 0.411 e. The molecule has 10 heteroatoms. The summed E-state index contributed by atoms with van der Waals surface area (Å²) < 4.78 is 11.3. The summed E-state index contributed by atoms with van der Waals surface area (Å²) in [6.07, 6.45) is 7.22. The van der Waals surface area contributed by atoms with Gasteiger partial charge in [0.25, 0.3) is 5.91 Å². The Morgan fingerprint density at radius 1 is 1.11 bits per heavy atom. The minimum Gasteiger partial charge on any atom is -0.492 e. The second kappa shape index (κ2) is 13.6. The van der Waals surface area contributed by atoms with Gasteiger partial charge in [0.2, 0.25) is 0 Å². The van der Waals surface area contributed by atoms with Gasteiger partial charge in [-0.2, -0.15) is 0 Å². The largest absolute Gasteiger partial charge is 0.492 e. The zero-order valence-corrected chi connectivity index (χ0v) is 21.8. The topological polar surface area (TPSA) is 95.4 Å². The van der Waals surface area contributed by atoms with Gasteiger partial charge in [0.1, 0.15) is 12.4 Å². The fraction of sp³-hybridized carbons (Fsp3) is 0.519. The van der Waals surface area contributed by atoms with Gasteiger partial charge >= 0.3 is 6.09 Å². The molecule has 37 heavy (non-hydrogen) atoms. The van der Waals surface area contributed by atoms with Crippen molar-refractivity contribution in [3.63, 3.8) is 0 Å². The molecule has 4 rings (SSSR count). The van der Waals surface area contributed by atoms with Gasteiger partial charge in [-0.25, -0.2) is 4.79 Å². The number of hydrogen-bond donors (Lipinski definition) is 1. The Bertz CT molecular complexity index is 1030. The van der Waals surface area contributed by atoms with E-state index in [1.54, 1.807) is 30.3 Å². The van der Waals surface area contributed by atoms with E-state index < -0.39 is 6.09 Å². The Hall–Kier alpha value is -2.88. The second-order valence-corrected chi connectivity index (χ2v) is 9.84. The molecule has 2 heterocycles. The molecule has 9 nitrogen and oxygen atoms in total. The molecule has 1 aliphatic heterocycles. The number of hydrogen-bond acceptors (Lipinski definition) is 6. The third-order valence-corrected chi connectivity index (χ3v) is 7.13. The fourth-order valence-electron chi connectivity index (χ4n) is 5.00. The van der Waals surface area contributed by atoms with Crippen LogP contribution in [0.15, 0.2) is 42.7 Å². The number of nitrogens with zero attached hydrogens (tertiary/aromatic N) is 4. The first-order valence-electron chi connectivity index (χ1n) is 13.0. The van der Waals surface area contributed by atoms with Crippen molar-refractivity contribution < 1.29 is 24.2 Å². The van der Waals surface area contributed by atoms with E-state index in [9.17, 15) is 14.7 Å². The average Bonchev–Trinajstić information content (AvgIpc) is 3.44. The molecular weight excluding hydrogens is 496 g/mol. The van der Waals surface area contributed by atoms with Crippen LogP contribution in [0.1, 0.15) is 42.5 Å². The van der Waals surface area contributed by atoms with E-state index >= 15 is 0 Å². The van der Waals surface area contributed by atoms with Crippen LogP contribution in [0, 0.1) is 0 Å². The number of benzene rings is 1. The van der Waals surface area contributed by atoms with Crippen LogP contribution in [0.5, 0.6) is 5.75 Å². The number of aromatic nitrogens is 1. The van der Waals surface area contributed by atoms with Crippen LogP contribution in [-0.2, 0) is 4.74 Å². The van der Waals surface area contributed by atoms with Crippen molar-refractivity contribution in [1.82, 2.24) is 14.8 Å². The van der Waals surface area contributed by atoms with Gasteiger partial charge in [-0.05, 0) is 49.6 Å². The number of carbonyl (C=O) groups excluding carboxylic acids is 1. The van der Waals surface area contributed by atoms with Crippen molar-refractivity contribution in [3.05, 3.63) is 53.3 Å². The van der Waals surface area contributed by atoms with E-state index in [1.807, 2.05) is 4.90 Å². The molecule has 0 bridgehead atoms. The third kappa shape index (κ3) is 7.80. The maximum atomic E-state index is 13.7. The number of morpholine rings is 1. The first-order chi connectivity index (χ1) is 18.0. The van der Waals surface area contributed by atoms with E-state index in [0.29, 0.717) is 28.6 Å².